The van der Waals surface area contributed by atoms with Gasteiger partial charge in [0.05, 0.1) is 0 Å². The number of hydrogen-bond donors (Lipinski definition) is 1. The van der Waals surface area contributed by atoms with Gasteiger partial charge >= 0.3 is 0 Å². The van der Waals surface area contributed by atoms with Crippen LogP contribution in [0.2, 0.25) is 0 Å². The Hall–Kier alpha value is -0.0800. The minimum Gasteiger partial charge on any atom is -0.313 e. The lowest BCUT2D eigenvalue weighted by Crippen LogP contribution is -2.44. The van der Waals surface area contributed by atoms with Crippen LogP contribution >= 0.6 is 0 Å². The Labute approximate surface area is 81.7 Å². The van der Waals surface area contributed by atoms with Crippen LogP contribution < -0.4 is 5.32 Å². The second-order valence-corrected chi connectivity index (χ2v) is 4.84. The minimum absolute atomic E-state index is 0.702. The van der Waals surface area contributed by atoms with Crippen LogP contribution in [0.1, 0.15) is 33.6 Å². The van der Waals surface area contributed by atoms with Gasteiger partial charge in [-0.05, 0) is 45.7 Å². The highest BCUT2D eigenvalue weighted by molar-refractivity contribution is 4.94. The van der Waals surface area contributed by atoms with E-state index in [2.05, 4.69) is 31.0 Å². The third kappa shape index (κ3) is 1.62. The molecule has 2 fully saturated rings. The van der Waals surface area contributed by atoms with Crippen LogP contribution in [0.4, 0.5) is 0 Å². The Bertz CT molecular complexity index is 181. The summed E-state index contributed by atoms with van der Waals surface area (Å²) in [5, 5.41) is 3.54. The molecule has 2 nitrogen and oxygen atoms in total. The van der Waals surface area contributed by atoms with Crippen LogP contribution in [0.15, 0.2) is 0 Å². The first-order chi connectivity index (χ1) is 6.20. The molecular formula is C11H22N2. The van der Waals surface area contributed by atoms with Crippen molar-refractivity contribution in [3.63, 3.8) is 0 Å². The van der Waals surface area contributed by atoms with Gasteiger partial charge in [-0.2, -0.15) is 0 Å². The molecule has 0 spiro atoms. The highest BCUT2D eigenvalue weighted by Gasteiger charge is 2.36. The fourth-order valence-corrected chi connectivity index (χ4v) is 2.89. The van der Waals surface area contributed by atoms with Gasteiger partial charge in [0, 0.05) is 18.1 Å². The van der Waals surface area contributed by atoms with Gasteiger partial charge in [0.2, 0.25) is 0 Å². The zero-order chi connectivity index (χ0) is 9.42. The molecule has 0 aromatic carbocycles. The molecule has 2 aliphatic rings. The molecule has 0 bridgehead atoms. The highest BCUT2D eigenvalue weighted by Crippen LogP contribution is 2.29. The van der Waals surface area contributed by atoms with Crippen LogP contribution in [0.3, 0.4) is 0 Å². The molecule has 2 saturated heterocycles. The van der Waals surface area contributed by atoms with E-state index in [1.807, 2.05) is 0 Å². The Balaban J connectivity index is 2.00. The molecular weight excluding hydrogens is 160 g/mol. The molecule has 2 rings (SSSR count). The summed E-state index contributed by atoms with van der Waals surface area (Å²) in [5.74, 6) is 0.896. The third-order valence-electron chi connectivity index (χ3n) is 4.10. The van der Waals surface area contributed by atoms with Gasteiger partial charge < -0.3 is 5.32 Å². The summed E-state index contributed by atoms with van der Waals surface area (Å²) < 4.78 is 0. The van der Waals surface area contributed by atoms with Crippen molar-refractivity contribution in [3.05, 3.63) is 0 Å². The molecule has 13 heavy (non-hydrogen) atoms. The van der Waals surface area contributed by atoms with Crippen molar-refractivity contribution < 1.29 is 0 Å². The molecule has 76 valence electrons. The smallest absolute Gasteiger partial charge is 0.0261 e. The van der Waals surface area contributed by atoms with Gasteiger partial charge in [-0.15, -0.1) is 0 Å². The average molecular weight is 182 g/mol. The molecule has 0 aromatic heterocycles. The van der Waals surface area contributed by atoms with Crippen molar-refractivity contribution in [1.82, 2.24) is 10.2 Å². The molecule has 4 unspecified atom stereocenters. The molecule has 0 aliphatic carbocycles. The predicted octanol–water partition coefficient (Wildman–Crippen LogP) is 1.47. The van der Waals surface area contributed by atoms with E-state index in [1.165, 1.54) is 25.9 Å². The second-order valence-electron chi connectivity index (χ2n) is 4.84. The summed E-state index contributed by atoms with van der Waals surface area (Å²) in [6, 6.07) is 2.31. The van der Waals surface area contributed by atoms with Gasteiger partial charge in [-0.3, -0.25) is 4.90 Å². The molecule has 2 aliphatic heterocycles. The predicted molar refractivity (Wildman–Crippen MR) is 55.8 cm³/mol. The van der Waals surface area contributed by atoms with Crippen molar-refractivity contribution >= 4 is 0 Å². The van der Waals surface area contributed by atoms with Crippen LogP contribution in [-0.4, -0.2) is 36.1 Å². The van der Waals surface area contributed by atoms with Crippen molar-refractivity contribution in [2.45, 2.75) is 51.7 Å². The van der Waals surface area contributed by atoms with E-state index in [9.17, 15) is 0 Å². The maximum Gasteiger partial charge on any atom is 0.0261 e. The maximum absolute atomic E-state index is 3.54. The molecule has 0 radical (unpaired) electrons. The second kappa shape index (κ2) is 3.58. The first-order valence-corrected chi connectivity index (χ1v) is 5.69. The zero-order valence-corrected chi connectivity index (χ0v) is 9.09. The average Bonchev–Trinajstić information content (AvgIpc) is 2.62. The summed E-state index contributed by atoms with van der Waals surface area (Å²) in [4.78, 5) is 2.72. The molecule has 1 N–H and O–H groups in total. The Morgan fingerprint density at radius 3 is 2.38 bits per heavy atom. The van der Waals surface area contributed by atoms with Crippen LogP contribution in [-0.2, 0) is 0 Å². The number of hydrogen-bond acceptors (Lipinski definition) is 2. The Morgan fingerprint density at radius 1 is 1.15 bits per heavy atom. The van der Waals surface area contributed by atoms with Crippen LogP contribution in [0.25, 0.3) is 0 Å². The lowest BCUT2D eigenvalue weighted by Gasteiger charge is -2.32. The number of likely N-dealkylation sites (tertiary alicyclic amines) is 1. The molecule has 0 amide bonds. The van der Waals surface area contributed by atoms with E-state index in [0.717, 1.165) is 18.0 Å². The van der Waals surface area contributed by atoms with Gasteiger partial charge in [-0.25, -0.2) is 0 Å². The van der Waals surface area contributed by atoms with Crippen LogP contribution in [0.5, 0.6) is 0 Å². The van der Waals surface area contributed by atoms with E-state index in [0.29, 0.717) is 6.04 Å². The van der Waals surface area contributed by atoms with E-state index in [1.54, 1.807) is 0 Å². The van der Waals surface area contributed by atoms with Crippen molar-refractivity contribution in [2.75, 3.05) is 13.1 Å². The Morgan fingerprint density at radius 2 is 1.92 bits per heavy atom. The monoisotopic (exact) mass is 182 g/mol. The standard InChI is InChI=1S/C11H22N2/c1-8-5-7-13(10(8)3)11-4-6-12-9(11)2/h8-12H,4-7H2,1-3H3. The number of nitrogens with zero attached hydrogens (tertiary/aromatic N) is 1. The zero-order valence-electron chi connectivity index (χ0n) is 9.09. The van der Waals surface area contributed by atoms with E-state index in [4.69, 9.17) is 0 Å². The van der Waals surface area contributed by atoms with Crippen molar-refractivity contribution in [1.29, 1.82) is 0 Å². The SMILES string of the molecule is CC1CCN(C2CCNC2C)C1C. The summed E-state index contributed by atoms with van der Waals surface area (Å²) >= 11 is 0. The van der Waals surface area contributed by atoms with Gasteiger partial charge in [0.1, 0.15) is 0 Å². The summed E-state index contributed by atoms with van der Waals surface area (Å²) in [7, 11) is 0. The van der Waals surface area contributed by atoms with Crippen LogP contribution in [0, 0.1) is 5.92 Å². The highest BCUT2D eigenvalue weighted by atomic mass is 15.2. The quantitative estimate of drug-likeness (QED) is 0.660. The minimum atomic E-state index is 0.702. The lowest BCUT2D eigenvalue weighted by atomic mass is 10.0. The van der Waals surface area contributed by atoms with E-state index < -0.39 is 0 Å². The fraction of sp³-hybridized carbons (Fsp3) is 1.00. The first-order valence-electron chi connectivity index (χ1n) is 5.69. The number of nitrogens with one attached hydrogen (secondary N) is 1. The molecule has 0 aromatic rings. The van der Waals surface area contributed by atoms with Gasteiger partial charge in [0.25, 0.3) is 0 Å². The molecule has 2 heteroatoms. The van der Waals surface area contributed by atoms with Crippen molar-refractivity contribution in [3.8, 4) is 0 Å². The largest absolute Gasteiger partial charge is 0.313 e. The summed E-state index contributed by atoms with van der Waals surface area (Å²) in [6.07, 6.45) is 2.74. The third-order valence-corrected chi connectivity index (χ3v) is 4.10. The normalized spacial score (nSPS) is 47.3. The first kappa shape index (κ1) is 9.47. The molecule has 0 saturated carbocycles. The van der Waals surface area contributed by atoms with Crippen molar-refractivity contribution in [2.24, 2.45) is 5.92 Å². The maximum atomic E-state index is 3.54. The lowest BCUT2D eigenvalue weighted by molar-refractivity contribution is 0.166. The number of rotatable bonds is 1. The fourth-order valence-electron chi connectivity index (χ4n) is 2.89. The molecule has 2 heterocycles. The van der Waals surface area contributed by atoms with E-state index in [-0.39, 0.29) is 0 Å². The van der Waals surface area contributed by atoms with E-state index >= 15 is 0 Å². The van der Waals surface area contributed by atoms with Gasteiger partial charge in [-0.1, -0.05) is 6.92 Å². The Kier molecular flexibility index (Phi) is 2.61. The topological polar surface area (TPSA) is 15.3 Å². The molecule has 4 atom stereocenters. The summed E-state index contributed by atoms with van der Waals surface area (Å²) in [5.41, 5.74) is 0. The summed E-state index contributed by atoms with van der Waals surface area (Å²) in [6.45, 7) is 9.64. The van der Waals surface area contributed by atoms with Gasteiger partial charge in [0.15, 0.2) is 0 Å².